The topological polar surface area (TPSA) is 95.3 Å². The van der Waals surface area contributed by atoms with Crippen molar-refractivity contribution in [2.45, 2.75) is 6.04 Å². The highest BCUT2D eigenvalue weighted by Crippen LogP contribution is 2.24. The highest BCUT2D eigenvalue weighted by atomic mass is 16.5. The molecule has 3 heterocycles. The van der Waals surface area contributed by atoms with Crippen LogP contribution < -0.4 is 10.1 Å². The summed E-state index contributed by atoms with van der Waals surface area (Å²) in [4.78, 5) is 30.9. The smallest absolute Gasteiger partial charge is 0.319 e. The number of nitrogens with zero attached hydrogens (tertiary/aromatic N) is 6. The zero-order valence-corrected chi connectivity index (χ0v) is 18.6. The van der Waals surface area contributed by atoms with Gasteiger partial charge in [0.1, 0.15) is 5.75 Å². The molecule has 0 aliphatic carbocycles. The summed E-state index contributed by atoms with van der Waals surface area (Å²) in [6, 6.07) is 10.5. The van der Waals surface area contributed by atoms with E-state index in [0.29, 0.717) is 41.6 Å². The molecule has 10 nitrogen and oxygen atoms in total. The average molecular weight is 438 g/mol. The monoisotopic (exact) mass is 437 g/mol. The Labute approximate surface area is 186 Å². The van der Waals surface area contributed by atoms with Gasteiger partial charge in [0, 0.05) is 51.7 Å². The lowest BCUT2D eigenvalue weighted by atomic mass is 10.1. The third-order valence-electron chi connectivity index (χ3n) is 5.62. The Morgan fingerprint density at radius 1 is 1.16 bits per heavy atom. The molecule has 1 fully saturated rings. The molecule has 0 spiro atoms. The van der Waals surface area contributed by atoms with Gasteiger partial charge in [-0.25, -0.2) is 4.79 Å². The van der Waals surface area contributed by atoms with Gasteiger partial charge in [-0.15, -0.1) is 10.2 Å². The van der Waals surface area contributed by atoms with E-state index in [4.69, 9.17) is 4.74 Å². The molecule has 3 aromatic rings. The molecule has 1 N–H and O–H groups in total. The van der Waals surface area contributed by atoms with Crippen LogP contribution in [0.5, 0.6) is 5.75 Å². The van der Waals surface area contributed by atoms with Crippen molar-refractivity contribution < 1.29 is 14.3 Å². The Morgan fingerprint density at radius 2 is 1.97 bits per heavy atom. The van der Waals surface area contributed by atoms with Crippen molar-refractivity contribution >= 4 is 23.3 Å². The van der Waals surface area contributed by atoms with Crippen LogP contribution in [0.25, 0.3) is 5.65 Å². The molecule has 1 unspecified atom stereocenters. The van der Waals surface area contributed by atoms with Crippen LogP contribution >= 0.6 is 0 Å². The maximum atomic E-state index is 12.9. The summed E-state index contributed by atoms with van der Waals surface area (Å²) in [6.45, 7) is 1.86. The Hall–Kier alpha value is -3.66. The standard InChI is InChI=1S/C22H27N7O3/c1-26(2)22(31)28-11-10-27(3)18(14-28)20-25-24-19-9-8-15(13-29(19)20)21(30)23-16-6-5-7-17(12-16)32-4/h5-9,12-13,18H,10-11,14H2,1-4H3,(H,23,30). The van der Waals surface area contributed by atoms with Gasteiger partial charge in [0.15, 0.2) is 11.5 Å². The van der Waals surface area contributed by atoms with Crippen molar-refractivity contribution in [3.8, 4) is 5.75 Å². The van der Waals surface area contributed by atoms with E-state index >= 15 is 0 Å². The molecule has 1 saturated heterocycles. The number of benzene rings is 1. The van der Waals surface area contributed by atoms with Crippen LogP contribution in [0.1, 0.15) is 22.2 Å². The van der Waals surface area contributed by atoms with Crippen molar-refractivity contribution in [1.82, 2.24) is 29.3 Å². The maximum absolute atomic E-state index is 12.9. The van der Waals surface area contributed by atoms with Crippen molar-refractivity contribution in [3.63, 3.8) is 0 Å². The third kappa shape index (κ3) is 4.22. The van der Waals surface area contributed by atoms with E-state index in [9.17, 15) is 9.59 Å². The Balaban J connectivity index is 1.60. The number of methoxy groups -OCH3 is 1. The van der Waals surface area contributed by atoms with Gasteiger partial charge in [0.05, 0.1) is 18.7 Å². The van der Waals surface area contributed by atoms with Crippen molar-refractivity contribution in [2.75, 3.05) is 53.2 Å². The van der Waals surface area contributed by atoms with E-state index in [1.807, 2.05) is 28.5 Å². The Bertz CT molecular complexity index is 1140. The molecule has 1 atom stereocenters. The zero-order valence-electron chi connectivity index (χ0n) is 18.6. The maximum Gasteiger partial charge on any atom is 0.319 e. The minimum absolute atomic E-state index is 0.0322. The van der Waals surface area contributed by atoms with E-state index in [2.05, 4.69) is 20.4 Å². The van der Waals surface area contributed by atoms with Crippen LogP contribution in [0.15, 0.2) is 42.6 Å². The number of amides is 3. The number of hydrogen-bond donors (Lipinski definition) is 1. The summed E-state index contributed by atoms with van der Waals surface area (Å²) in [7, 11) is 7.07. The number of fused-ring (bicyclic) bond motifs is 1. The number of carbonyl (C=O) groups is 2. The lowest BCUT2D eigenvalue weighted by Gasteiger charge is -2.39. The number of piperazine rings is 1. The van der Waals surface area contributed by atoms with Crippen LogP contribution in [-0.4, -0.2) is 89.1 Å². The first-order valence-corrected chi connectivity index (χ1v) is 10.3. The molecule has 0 bridgehead atoms. The SMILES string of the molecule is COc1cccc(NC(=O)c2ccc3nnc(C4CN(C(=O)N(C)C)CCN4C)n3c2)c1. The molecule has 32 heavy (non-hydrogen) atoms. The van der Waals surface area contributed by atoms with Crippen LogP contribution in [0.4, 0.5) is 10.5 Å². The zero-order chi connectivity index (χ0) is 22.8. The second kappa shape index (κ2) is 8.83. The summed E-state index contributed by atoms with van der Waals surface area (Å²) < 4.78 is 7.04. The van der Waals surface area contributed by atoms with Crippen LogP contribution in [0.2, 0.25) is 0 Å². The van der Waals surface area contributed by atoms with Crippen molar-refractivity contribution in [1.29, 1.82) is 0 Å². The molecule has 0 radical (unpaired) electrons. The molecular formula is C22H27N7O3. The van der Waals surface area contributed by atoms with Crippen LogP contribution in [0.3, 0.4) is 0 Å². The van der Waals surface area contributed by atoms with Gasteiger partial charge in [-0.1, -0.05) is 6.07 Å². The van der Waals surface area contributed by atoms with Gasteiger partial charge in [0.2, 0.25) is 0 Å². The van der Waals surface area contributed by atoms with E-state index in [1.54, 1.807) is 56.6 Å². The molecule has 1 aliphatic rings. The average Bonchev–Trinajstić information content (AvgIpc) is 3.22. The lowest BCUT2D eigenvalue weighted by molar-refractivity contribution is 0.0933. The largest absolute Gasteiger partial charge is 0.497 e. The molecule has 1 aliphatic heterocycles. The minimum Gasteiger partial charge on any atom is -0.497 e. The second-order valence-electron chi connectivity index (χ2n) is 8.01. The first kappa shape index (κ1) is 21.6. The predicted octanol–water partition coefficient (Wildman–Crippen LogP) is 1.96. The summed E-state index contributed by atoms with van der Waals surface area (Å²) in [5.74, 6) is 1.10. The minimum atomic E-state index is -0.249. The summed E-state index contributed by atoms with van der Waals surface area (Å²) in [5.41, 5.74) is 1.76. The van der Waals surface area contributed by atoms with Gasteiger partial charge in [-0.05, 0) is 31.3 Å². The quantitative estimate of drug-likeness (QED) is 0.671. The number of rotatable bonds is 4. The number of nitrogens with one attached hydrogen (secondary N) is 1. The molecule has 168 valence electrons. The van der Waals surface area contributed by atoms with E-state index in [1.165, 1.54) is 0 Å². The molecule has 4 rings (SSSR count). The van der Waals surface area contributed by atoms with Gasteiger partial charge < -0.3 is 19.9 Å². The van der Waals surface area contributed by atoms with Crippen LogP contribution in [0, 0.1) is 0 Å². The van der Waals surface area contributed by atoms with Gasteiger partial charge in [-0.2, -0.15) is 0 Å². The number of ether oxygens (including phenoxy) is 1. The second-order valence-corrected chi connectivity index (χ2v) is 8.01. The number of urea groups is 1. The lowest BCUT2D eigenvalue weighted by Crippen LogP contribution is -2.52. The highest BCUT2D eigenvalue weighted by molar-refractivity contribution is 6.04. The van der Waals surface area contributed by atoms with E-state index < -0.39 is 0 Å². The van der Waals surface area contributed by atoms with Gasteiger partial charge >= 0.3 is 6.03 Å². The fourth-order valence-electron chi connectivity index (χ4n) is 3.78. The number of aromatic nitrogens is 3. The predicted molar refractivity (Wildman–Crippen MR) is 120 cm³/mol. The number of anilines is 1. The van der Waals surface area contributed by atoms with E-state index in [0.717, 1.165) is 6.54 Å². The number of pyridine rings is 1. The van der Waals surface area contributed by atoms with Gasteiger partial charge in [0.25, 0.3) is 5.91 Å². The Kier molecular flexibility index (Phi) is 5.95. The fraction of sp³-hybridized carbons (Fsp3) is 0.364. The first-order chi connectivity index (χ1) is 15.4. The number of likely N-dealkylation sites (N-methyl/N-ethyl adjacent to an activating group) is 1. The third-order valence-corrected chi connectivity index (χ3v) is 5.62. The van der Waals surface area contributed by atoms with Gasteiger partial charge in [-0.3, -0.25) is 14.1 Å². The molecule has 10 heteroatoms. The molecular weight excluding hydrogens is 410 g/mol. The Morgan fingerprint density at radius 3 is 2.72 bits per heavy atom. The molecule has 2 aromatic heterocycles. The van der Waals surface area contributed by atoms with Crippen molar-refractivity contribution in [2.24, 2.45) is 0 Å². The van der Waals surface area contributed by atoms with Crippen LogP contribution in [-0.2, 0) is 0 Å². The van der Waals surface area contributed by atoms with E-state index in [-0.39, 0.29) is 18.0 Å². The number of carbonyl (C=O) groups excluding carboxylic acids is 2. The summed E-state index contributed by atoms with van der Waals surface area (Å²) in [5, 5.41) is 11.5. The fourth-order valence-corrected chi connectivity index (χ4v) is 3.78. The number of hydrogen-bond acceptors (Lipinski definition) is 6. The molecule has 3 amide bonds. The van der Waals surface area contributed by atoms with Crippen molar-refractivity contribution in [3.05, 3.63) is 54.0 Å². The first-order valence-electron chi connectivity index (χ1n) is 10.3. The molecule has 0 saturated carbocycles. The summed E-state index contributed by atoms with van der Waals surface area (Å²) >= 11 is 0. The summed E-state index contributed by atoms with van der Waals surface area (Å²) in [6.07, 6.45) is 1.74. The normalized spacial score (nSPS) is 16.8. The molecule has 1 aromatic carbocycles. The highest BCUT2D eigenvalue weighted by Gasteiger charge is 2.32.